The van der Waals surface area contributed by atoms with Crippen molar-refractivity contribution in [1.29, 1.82) is 0 Å². The van der Waals surface area contributed by atoms with Crippen LogP contribution in [0.2, 0.25) is 0 Å². The molecule has 34 heavy (non-hydrogen) atoms. The lowest BCUT2D eigenvalue weighted by Gasteiger charge is -2.52. The molecule has 2 unspecified atom stereocenters. The number of anilines is 1. The van der Waals surface area contributed by atoms with Gasteiger partial charge >= 0.3 is 0 Å². The first-order valence-corrected chi connectivity index (χ1v) is 10.8. The normalized spacial score (nSPS) is 32.9. The fraction of sp³-hybridized carbons (Fsp3) is 0.522. The maximum atomic E-state index is 14.7. The van der Waals surface area contributed by atoms with Gasteiger partial charge in [-0.05, 0) is 38.4 Å². The zero-order valence-corrected chi connectivity index (χ0v) is 19.2. The number of amides is 1. The third-order valence-electron chi connectivity index (χ3n) is 7.43. The number of Topliss-reactive ketones (excluding diaryl/α,β-unsaturated/α-hetero) is 4. The first kappa shape index (κ1) is 24.0. The van der Waals surface area contributed by atoms with Crippen LogP contribution < -0.4 is 10.6 Å². The van der Waals surface area contributed by atoms with Crippen LogP contribution in [-0.2, 0) is 25.6 Å². The number of halogens is 1. The van der Waals surface area contributed by atoms with Crippen LogP contribution >= 0.6 is 0 Å². The van der Waals surface area contributed by atoms with Gasteiger partial charge in [0.05, 0.1) is 23.2 Å². The fourth-order valence-electron chi connectivity index (χ4n) is 6.12. The Morgan fingerprint density at radius 1 is 1.15 bits per heavy atom. The highest BCUT2D eigenvalue weighted by molar-refractivity contribution is 6.32. The number of fused-ring (bicyclic) bond motifs is 3. The number of carbonyl (C=O) groups is 5. The zero-order chi connectivity index (χ0) is 25.4. The molecule has 182 valence electrons. The summed E-state index contributed by atoms with van der Waals surface area (Å²) in [5.41, 5.74) is 2.56. The van der Waals surface area contributed by atoms with Crippen molar-refractivity contribution < 1.29 is 38.6 Å². The summed E-state index contributed by atoms with van der Waals surface area (Å²) in [6.07, 6.45) is -0.0846. The minimum atomic E-state index is -2.78. The summed E-state index contributed by atoms with van der Waals surface area (Å²) in [5.74, 6) is -12.3. The SMILES string of the molecule is CN(C)c1c(F)cc(O)c2c1C[C@H]1C[C@H]3[C@H](N(C)C)C(=O)C(C(N)=O)C(=O)[C@@]3(O)C(=O)C1C2=O. The Hall–Kier alpha value is -3.18. The predicted molar refractivity (Wildman–Crippen MR) is 116 cm³/mol. The lowest BCUT2D eigenvalue weighted by atomic mass is 9.52. The van der Waals surface area contributed by atoms with E-state index < -0.39 is 75.9 Å². The fourth-order valence-corrected chi connectivity index (χ4v) is 6.12. The largest absolute Gasteiger partial charge is 0.507 e. The summed E-state index contributed by atoms with van der Waals surface area (Å²) >= 11 is 0. The van der Waals surface area contributed by atoms with Crippen LogP contribution in [0.15, 0.2) is 6.07 Å². The van der Waals surface area contributed by atoms with Gasteiger partial charge in [0.2, 0.25) is 5.91 Å². The average molecular weight is 475 g/mol. The first-order chi connectivity index (χ1) is 15.7. The summed E-state index contributed by atoms with van der Waals surface area (Å²) < 4.78 is 14.7. The second-order valence-corrected chi connectivity index (χ2v) is 9.76. The molecule has 0 aromatic heterocycles. The van der Waals surface area contributed by atoms with Crippen LogP contribution in [0.1, 0.15) is 22.3 Å². The summed E-state index contributed by atoms with van der Waals surface area (Å²) in [7, 11) is 6.15. The van der Waals surface area contributed by atoms with Crippen LogP contribution in [0.3, 0.4) is 0 Å². The molecule has 0 spiro atoms. The van der Waals surface area contributed by atoms with Crippen molar-refractivity contribution in [2.24, 2.45) is 29.4 Å². The number of phenolic OH excluding ortho intramolecular Hbond substituents is 1. The van der Waals surface area contributed by atoms with E-state index in [0.717, 1.165) is 6.07 Å². The van der Waals surface area contributed by atoms with Gasteiger partial charge in [0.25, 0.3) is 0 Å². The molecule has 0 aliphatic heterocycles. The van der Waals surface area contributed by atoms with Crippen molar-refractivity contribution in [1.82, 2.24) is 4.90 Å². The summed E-state index contributed by atoms with van der Waals surface area (Å²) in [6.45, 7) is 0. The molecular weight excluding hydrogens is 449 g/mol. The van der Waals surface area contributed by atoms with Gasteiger partial charge in [-0.3, -0.25) is 28.9 Å². The van der Waals surface area contributed by atoms with E-state index in [9.17, 15) is 38.6 Å². The highest BCUT2D eigenvalue weighted by atomic mass is 19.1. The highest BCUT2D eigenvalue weighted by Crippen LogP contribution is 2.52. The number of aromatic hydroxyl groups is 1. The quantitative estimate of drug-likeness (QED) is 0.470. The molecule has 4 N–H and O–H groups in total. The van der Waals surface area contributed by atoms with E-state index in [2.05, 4.69) is 0 Å². The molecule has 1 aromatic rings. The lowest BCUT2D eigenvalue weighted by molar-refractivity contribution is -0.181. The van der Waals surface area contributed by atoms with E-state index in [1.54, 1.807) is 14.1 Å². The maximum absolute atomic E-state index is 14.7. The van der Waals surface area contributed by atoms with E-state index in [1.807, 2.05) is 0 Å². The van der Waals surface area contributed by atoms with Crippen LogP contribution in [-0.4, -0.2) is 84.0 Å². The monoisotopic (exact) mass is 475 g/mol. The molecular formula is C23H26FN3O7. The molecule has 2 saturated carbocycles. The minimum Gasteiger partial charge on any atom is -0.507 e. The van der Waals surface area contributed by atoms with Gasteiger partial charge < -0.3 is 20.8 Å². The molecule has 11 heteroatoms. The molecule has 10 nitrogen and oxygen atoms in total. The second-order valence-electron chi connectivity index (χ2n) is 9.76. The van der Waals surface area contributed by atoms with Crippen molar-refractivity contribution in [2.75, 3.05) is 33.1 Å². The standard InChI is InChI=1S/C23H26FN3O7/c1-26(2)16-9-5-8-6-10-17(27(3)4)19(30)15(22(25)33)21(32)23(10,34)20(31)13(8)18(29)14(9)12(28)7-11(16)24/h7-8,10,13,15,17,28,34H,5-6H2,1-4H3,(H2,25,33)/t8-,10-,13?,15?,17-,23-/m0/s1. The number of nitrogens with two attached hydrogens (primary N) is 1. The molecule has 4 rings (SSSR count). The molecule has 0 heterocycles. The summed E-state index contributed by atoms with van der Waals surface area (Å²) in [5, 5.41) is 21.8. The van der Waals surface area contributed by atoms with Crippen molar-refractivity contribution in [3.05, 3.63) is 23.0 Å². The van der Waals surface area contributed by atoms with Crippen LogP contribution in [0.4, 0.5) is 10.1 Å². The number of hydrogen-bond donors (Lipinski definition) is 3. The molecule has 2 fully saturated rings. The molecule has 3 aliphatic carbocycles. The van der Waals surface area contributed by atoms with Gasteiger partial charge in [0.1, 0.15) is 11.6 Å². The van der Waals surface area contributed by atoms with Crippen LogP contribution in [0.25, 0.3) is 0 Å². The van der Waals surface area contributed by atoms with Gasteiger partial charge in [-0.1, -0.05) is 0 Å². The number of carbonyl (C=O) groups excluding carboxylic acids is 5. The van der Waals surface area contributed by atoms with E-state index in [4.69, 9.17) is 5.73 Å². The molecule has 0 saturated heterocycles. The molecule has 3 aliphatic rings. The van der Waals surface area contributed by atoms with Gasteiger partial charge in [-0.2, -0.15) is 0 Å². The number of rotatable bonds is 3. The molecule has 1 aromatic carbocycles. The minimum absolute atomic E-state index is 0.00463. The summed E-state index contributed by atoms with van der Waals surface area (Å²) in [6, 6.07) is -0.400. The van der Waals surface area contributed by atoms with Gasteiger partial charge in [-0.15, -0.1) is 0 Å². The number of primary amides is 1. The smallest absolute Gasteiger partial charge is 0.235 e. The third-order valence-corrected chi connectivity index (χ3v) is 7.43. The molecule has 0 radical (unpaired) electrons. The van der Waals surface area contributed by atoms with Crippen molar-refractivity contribution in [3.8, 4) is 5.75 Å². The lowest BCUT2D eigenvalue weighted by Crippen LogP contribution is -2.74. The Morgan fingerprint density at radius 2 is 1.76 bits per heavy atom. The van der Waals surface area contributed by atoms with Crippen molar-refractivity contribution >= 4 is 34.7 Å². The topological polar surface area (TPSA) is 158 Å². The number of hydrogen-bond acceptors (Lipinski definition) is 9. The Balaban J connectivity index is 1.91. The number of nitrogens with zero attached hydrogens (tertiary/aromatic N) is 2. The van der Waals surface area contributed by atoms with Gasteiger partial charge in [-0.25, -0.2) is 4.39 Å². The van der Waals surface area contributed by atoms with Crippen molar-refractivity contribution in [2.45, 2.75) is 24.5 Å². The van der Waals surface area contributed by atoms with E-state index in [-0.39, 0.29) is 29.7 Å². The van der Waals surface area contributed by atoms with E-state index in [1.165, 1.54) is 23.9 Å². The number of likely N-dealkylation sites (N-methyl/N-ethyl adjacent to an activating group) is 1. The third kappa shape index (κ3) is 2.96. The van der Waals surface area contributed by atoms with E-state index in [0.29, 0.717) is 0 Å². The van der Waals surface area contributed by atoms with Crippen LogP contribution in [0, 0.1) is 29.5 Å². The van der Waals surface area contributed by atoms with E-state index >= 15 is 0 Å². The first-order valence-electron chi connectivity index (χ1n) is 10.8. The number of benzene rings is 1. The number of ketones is 4. The van der Waals surface area contributed by atoms with Crippen LogP contribution in [0.5, 0.6) is 5.75 Å². The van der Waals surface area contributed by atoms with Gasteiger partial charge in [0.15, 0.2) is 34.7 Å². The Morgan fingerprint density at radius 3 is 2.29 bits per heavy atom. The Labute approximate surface area is 194 Å². The second kappa shape index (κ2) is 7.67. The zero-order valence-electron chi connectivity index (χ0n) is 19.2. The predicted octanol–water partition coefficient (Wildman–Crippen LogP) is -0.928. The molecule has 6 atom stereocenters. The highest BCUT2D eigenvalue weighted by Gasteiger charge is 2.69. The van der Waals surface area contributed by atoms with Gasteiger partial charge in [0, 0.05) is 26.1 Å². The van der Waals surface area contributed by atoms with Crippen molar-refractivity contribution in [3.63, 3.8) is 0 Å². The molecule has 1 amide bonds. The molecule has 0 bridgehead atoms. The number of aliphatic hydroxyl groups is 1. The maximum Gasteiger partial charge on any atom is 0.235 e. The Bertz CT molecular complexity index is 1160. The number of phenols is 1. The Kier molecular flexibility index (Phi) is 5.41. The summed E-state index contributed by atoms with van der Waals surface area (Å²) in [4.78, 5) is 68.1. The average Bonchev–Trinajstić information content (AvgIpc) is 2.69.